The Morgan fingerprint density at radius 1 is 1.50 bits per heavy atom. The number of unbranched alkanes of at least 4 members (excludes halogenated alkanes) is 1. The average molecular weight is 223 g/mol. The Balaban J connectivity index is 1.95. The second-order valence-electron chi connectivity index (χ2n) is 4.49. The van der Waals surface area contributed by atoms with Crippen LogP contribution in [0.3, 0.4) is 0 Å². The molecular formula is C11H21N5. The lowest BCUT2D eigenvalue weighted by molar-refractivity contribution is 0.479. The van der Waals surface area contributed by atoms with Crippen LogP contribution in [0.2, 0.25) is 0 Å². The molecule has 0 amide bonds. The summed E-state index contributed by atoms with van der Waals surface area (Å²) in [4.78, 5) is 6.78. The van der Waals surface area contributed by atoms with Crippen molar-refractivity contribution in [1.29, 1.82) is 0 Å². The number of aryl methyl sites for hydroxylation is 1. The number of nitrogens with zero attached hydrogens (tertiary/aromatic N) is 3. The first-order chi connectivity index (χ1) is 7.79. The standard InChI is InChI=1S/C11H21N5/c1-3-4-5-10-13-11(15-14-10)16-7-6-12-9(2)8-16/h9,12H,3-8H2,1-2H3,(H,13,14,15). The topological polar surface area (TPSA) is 56.8 Å². The van der Waals surface area contributed by atoms with Crippen molar-refractivity contribution < 1.29 is 0 Å². The van der Waals surface area contributed by atoms with Crippen LogP contribution in [0.15, 0.2) is 0 Å². The molecule has 1 aliphatic heterocycles. The molecular weight excluding hydrogens is 202 g/mol. The second kappa shape index (κ2) is 5.30. The monoisotopic (exact) mass is 223 g/mol. The van der Waals surface area contributed by atoms with Crippen molar-refractivity contribution >= 4 is 5.95 Å². The first-order valence-corrected chi connectivity index (χ1v) is 6.19. The van der Waals surface area contributed by atoms with E-state index in [1.165, 1.54) is 12.8 Å². The Hall–Kier alpha value is -1.10. The number of hydrogen-bond donors (Lipinski definition) is 2. The van der Waals surface area contributed by atoms with E-state index in [4.69, 9.17) is 0 Å². The third-order valence-corrected chi connectivity index (χ3v) is 2.94. The van der Waals surface area contributed by atoms with E-state index in [0.29, 0.717) is 6.04 Å². The molecule has 1 aromatic heterocycles. The van der Waals surface area contributed by atoms with Crippen LogP contribution in [0.25, 0.3) is 0 Å². The summed E-state index contributed by atoms with van der Waals surface area (Å²) < 4.78 is 0. The molecule has 1 saturated heterocycles. The number of aromatic nitrogens is 3. The fourth-order valence-electron chi connectivity index (χ4n) is 2.00. The zero-order valence-electron chi connectivity index (χ0n) is 10.2. The zero-order valence-corrected chi connectivity index (χ0v) is 10.2. The lowest BCUT2D eigenvalue weighted by Crippen LogP contribution is -2.49. The van der Waals surface area contributed by atoms with E-state index in [-0.39, 0.29) is 0 Å². The van der Waals surface area contributed by atoms with Gasteiger partial charge in [0.05, 0.1) is 0 Å². The lowest BCUT2D eigenvalue weighted by Gasteiger charge is -2.30. The molecule has 2 rings (SSSR count). The van der Waals surface area contributed by atoms with Gasteiger partial charge in [0.2, 0.25) is 5.95 Å². The maximum absolute atomic E-state index is 4.54. The highest BCUT2D eigenvalue weighted by atomic mass is 15.4. The number of hydrogen-bond acceptors (Lipinski definition) is 4. The van der Waals surface area contributed by atoms with Crippen LogP contribution in [-0.4, -0.2) is 40.9 Å². The molecule has 2 N–H and O–H groups in total. The van der Waals surface area contributed by atoms with Gasteiger partial charge in [0.15, 0.2) is 0 Å². The molecule has 5 nitrogen and oxygen atoms in total. The molecule has 0 aromatic carbocycles. The first kappa shape index (κ1) is 11.4. The van der Waals surface area contributed by atoms with Crippen LogP contribution in [0.4, 0.5) is 5.95 Å². The fourth-order valence-corrected chi connectivity index (χ4v) is 2.00. The van der Waals surface area contributed by atoms with Crippen LogP contribution in [0.1, 0.15) is 32.5 Å². The smallest absolute Gasteiger partial charge is 0.244 e. The molecule has 90 valence electrons. The molecule has 0 radical (unpaired) electrons. The fraction of sp³-hybridized carbons (Fsp3) is 0.818. The van der Waals surface area contributed by atoms with E-state index >= 15 is 0 Å². The van der Waals surface area contributed by atoms with Gasteiger partial charge in [-0.3, -0.25) is 5.10 Å². The van der Waals surface area contributed by atoms with Crippen molar-refractivity contribution in [3.63, 3.8) is 0 Å². The summed E-state index contributed by atoms with van der Waals surface area (Å²) in [6.07, 6.45) is 3.37. The maximum Gasteiger partial charge on any atom is 0.244 e. The third-order valence-electron chi connectivity index (χ3n) is 2.94. The van der Waals surface area contributed by atoms with Crippen LogP contribution >= 0.6 is 0 Å². The van der Waals surface area contributed by atoms with E-state index < -0.39 is 0 Å². The highest BCUT2D eigenvalue weighted by molar-refractivity contribution is 5.30. The van der Waals surface area contributed by atoms with Crippen molar-refractivity contribution in [2.75, 3.05) is 24.5 Å². The summed E-state index contributed by atoms with van der Waals surface area (Å²) in [5.41, 5.74) is 0. The Morgan fingerprint density at radius 2 is 2.38 bits per heavy atom. The summed E-state index contributed by atoms with van der Waals surface area (Å²) in [6, 6.07) is 0.520. The van der Waals surface area contributed by atoms with E-state index in [1.807, 2.05) is 0 Å². The van der Waals surface area contributed by atoms with Crippen molar-refractivity contribution in [3.05, 3.63) is 5.82 Å². The quantitative estimate of drug-likeness (QED) is 0.798. The predicted molar refractivity (Wildman–Crippen MR) is 64.7 cm³/mol. The SMILES string of the molecule is CCCCc1nc(N2CCNC(C)C2)n[nH]1. The number of anilines is 1. The minimum absolute atomic E-state index is 0.520. The van der Waals surface area contributed by atoms with E-state index in [2.05, 4.69) is 39.2 Å². The van der Waals surface area contributed by atoms with Gasteiger partial charge in [0.1, 0.15) is 5.82 Å². The van der Waals surface area contributed by atoms with Crippen molar-refractivity contribution in [1.82, 2.24) is 20.5 Å². The van der Waals surface area contributed by atoms with E-state index in [0.717, 1.165) is 37.8 Å². The predicted octanol–water partition coefficient (Wildman–Crippen LogP) is 0.945. The van der Waals surface area contributed by atoms with Crippen LogP contribution in [-0.2, 0) is 6.42 Å². The van der Waals surface area contributed by atoms with Gasteiger partial charge in [0, 0.05) is 32.1 Å². The molecule has 0 aliphatic carbocycles. The van der Waals surface area contributed by atoms with Gasteiger partial charge < -0.3 is 10.2 Å². The molecule has 1 fully saturated rings. The maximum atomic E-state index is 4.54. The number of nitrogens with one attached hydrogen (secondary N) is 2. The minimum atomic E-state index is 0.520. The molecule has 1 aromatic rings. The molecule has 1 atom stereocenters. The number of H-pyrrole nitrogens is 1. The Labute approximate surface area is 96.6 Å². The molecule has 0 saturated carbocycles. The minimum Gasteiger partial charge on any atom is -0.337 e. The number of rotatable bonds is 4. The highest BCUT2D eigenvalue weighted by Gasteiger charge is 2.18. The van der Waals surface area contributed by atoms with E-state index in [9.17, 15) is 0 Å². The zero-order chi connectivity index (χ0) is 11.4. The van der Waals surface area contributed by atoms with Gasteiger partial charge in [-0.1, -0.05) is 13.3 Å². The van der Waals surface area contributed by atoms with Crippen molar-refractivity contribution in [2.45, 2.75) is 39.2 Å². The van der Waals surface area contributed by atoms with Crippen LogP contribution < -0.4 is 10.2 Å². The molecule has 16 heavy (non-hydrogen) atoms. The van der Waals surface area contributed by atoms with Gasteiger partial charge in [-0.2, -0.15) is 4.98 Å². The molecule has 2 heterocycles. The second-order valence-corrected chi connectivity index (χ2v) is 4.49. The Kier molecular flexibility index (Phi) is 3.77. The average Bonchev–Trinajstić information content (AvgIpc) is 2.75. The summed E-state index contributed by atoms with van der Waals surface area (Å²) in [7, 11) is 0. The summed E-state index contributed by atoms with van der Waals surface area (Å²) in [6.45, 7) is 7.38. The normalized spacial score (nSPS) is 21.4. The summed E-state index contributed by atoms with van der Waals surface area (Å²) in [5, 5.41) is 10.7. The molecule has 1 aliphatic rings. The van der Waals surface area contributed by atoms with Gasteiger partial charge in [-0.15, -0.1) is 5.10 Å². The van der Waals surface area contributed by atoms with E-state index in [1.54, 1.807) is 0 Å². The van der Waals surface area contributed by atoms with Gasteiger partial charge >= 0.3 is 0 Å². The van der Waals surface area contributed by atoms with Gasteiger partial charge in [0.25, 0.3) is 0 Å². The summed E-state index contributed by atoms with van der Waals surface area (Å²) >= 11 is 0. The first-order valence-electron chi connectivity index (χ1n) is 6.19. The molecule has 5 heteroatoms. The number of aromatic amines is 1. The largest absolute Gasteiger partial charge is 0.337 e. The van der Waals surface area contributed by atoms with Crippen LogP contribution in [0, 0.1) is 0 Å². The highest BCUT2D eigenvalue weighted by Crippen LogP contribution is 2.10. The van der Waals surface area contributed by atoms with Crippen molar-refractivity contribution in [2.24, 2.45) is 0 Å². The third kappa shape index (κ3) is 2.72. The molecule has 0 bridgehead atoms. The van der Waals surface area contributed by atoms with Gasteiger partial charge in [-0.05, 0) is 13.3 Å². The summed E-state index contributed by atoms with van der Waals surface area (Å²) in [5.74, 6) is 1.88. The van der Waals surface area contributed by atoms with Crippen LogP contribution in [0.5, 0.6) is 0 Å². The Bertz CT molecular complexity index is 322. The Morgan fingerprint density at radius 3 is 3.12 bits per heavy atom. The molecule has 1 unspecified atom stereocenters. The molecule has 0 spiro atoms. The van der Waals surface area contributed by atoms with Gasteiger partial charge in [-0.25, -0.2) is 0 Å². The lowest BCUT2D eigenvalue weighted by atomic mass is 10.2. The number of piperazine rings is 1. The van der Waals surface area contributed by atoms with Crippen molar-refractivity contribution in [3.8, 4) is 0 Å².